The second-order valence-electron chi connectivity index (χ2n) is 6.82. The molecule has 0 aromatic heterocycles. The van der Waals surface area contributed by atoms with Crippen LogP contribution in [0, 0.1) is 5.82 Å². The van der Waals surface area contributed by atoms with Gasteiger partial charge in [0.15, 0.2) is 9.84 Å². The second-order valence-corrected chi connectivity index (χ2v) is 8.84. The molecule has 0 bridgehead atoms. The van der Waals surface area contributed by atoms with E-state index < -0.39 is 27.8 Å². The van der Waals surface area contributed by atoms with Gasteiger partial charge in [0.05, 0.1) is 4.90 Å². The topological polar surface area (TPSA) is 63.7 Å². The van der Waals surface area contributed by atoms with Crippen molar-refractivity contribution in [3.63, 3.8) is 0 Å². The number of β-lactam (4-membered cyclic amide) rings is 1. The number of hydrogen-bond donors (Lipinski definition) is 0. The highest BCUT2D eigenvalue weighted by molar-refractivity contribution is 7.90. The van der Waals surface area contributed by atoms with Crippen LogP contribution in [-0.2, 0) is 14.6 Å². The fourth-order valence-electron chi connectivity index (χ4n) is 3.35. The van der Waals surface area contributed by atoms with Crippen molar-refractivity contribution in [3.8, 4) is 5.75 Å². The summed E-state index contributed by atoms with van der Waals surface area (Å²) in [5, 5.41) is 0. The van der Waals surface area contributed by atoms with Crippen molar-refractivity contribution in [2.24, 2.45) is 0 Å². The van der Waals surface area contributed by atoms with E-state index in [1.807, 2.05) is 18.2 Å². The summed E-state index contributed by atoms with van der Waals surface area (Å²) < 4.78 is 42.7. The van der Waals surface area contributed by atoms with Gasteiger partial charge in [-0.3, -0.25) is 9.69 Å². The van der Waals surface area contributed by atoms with Crippen LogP contribution in [0.2, 0.25) is 0 Å². The van der Waals surface area contributed by atoms with E-state index in [1.54, 1.807) is 24.3 Å². The van der Waals surface area contributed by atoms with Gasteiger partial charge in [-0.05, 0) is 54.1 Å². The molecule has 1 fully saturated rings. The predicted octanol–water partition coefficient (Wildman–Crippen LogP) is 3.76. The number of hydrogen-bond acceptors (Lipinski definition) is 4. The van der Waals surface area contributed by atoms with E-state index >= 15 is 0 Å². The molecule has 0 aliphatic carbocycles. The Balaban J connectivity index is 1.70. The molecule has 29 heavy (non-hydrogen) atoms. The first-order valence-corrected chi connectivity index (χ1v) is 10.8. The van der Waals surface area contributed by atoms with Gasteiger partial charge in [0, 0.05) is 11.9 Å². The van der Waals surface area contributed by atoms with Crippen LogP contribution in [0.3, 0.4) is 0 Å². The highest BCUT2D eigenvalue weighted by Crippen LogP contribution is 2.41. The van der Waals surface area contributed by atoms with Gasteiger partial charge in [0.1, 0.15) is 17.6 Å². The zero-order chi connectivity index (χ0) is 20.6. The quantitative estimate of drug-likeness (QED) is 0.600. The third kappa shape index (κ3) is 3.73. The first kappa shape index (κ1) is 19.1. The van der Waals surface area contributed by atoms with Crippen LogP contribution in [0.25, 0.3) is 0 Å². The first-order chi connectivity index (χ1) is 13.8. The largest absolute Gasteiger partial charge is 0.478 e. The summed E-state index contributed by atoms with van der Waals surface area (Å²) in [6.07, 6.45) is 0.368. The number of nitrogens with zero attached hydrogens (tertiary/aromatic N) is 1. The van der Waals surface area contributed by atoms with Crippen molar-refractivity contribution < 1.29 is 22.3 Å². The fraction of sp³-hybridized carbons (Fsp3) is 0.136. The molecule has 1 saturated heterocycles. The zero-order valence-electron chi connectivity index (χ0n) is 15.5. The molecule has 3 aromatic carbocycles. The maximum Gasteiger partial charge on any atom is 0.271 e. The number of carbonyl (C=O) groups is 1. The Kier molecular flexibility index (Phi) is 4.84. The Bertz CT molecular complexity index is 1130. The van der Waals surface area contributed by atoms with E-state index in [0.717, 1.165) is 11.8 Å². The maximum atomic E-state index is 13.3. The number of sulfone groups is 1. The first-order valence-electron chi connectivity index (χ1n) is 8.95. The molecule has 7 heteroatoms. The van der Waals surface area contributed by atoms with E-state index in [2.05, 4.69) is 0 Å². The molecule has 4 rings (SSSR count). The van der Waals surface area contributed by atoms with Crippen LogP contribution < -0.4 is 9.64 Å². The summed E-state index contributed by atoms with van der Waals surface area (Å²) in [5.41, 5.74) is 1.27. The summed E-state index contributed by atoms with van der Waals surface area (Å²) in [5.74, 6) is -0.0899. The average Bonchev–Trinajstić information content (AvgIpc) is 2.71. The van der Waals surface area contributed by atoms with E-state index in [1.165, 1.54) is 41.3 Å². The van der Waals surface area contributed by atoms with E-state index in [9.17, 15) is 17.6 Å². The van der Waals surface area contributed by atoms with Gasteiger partial charge in [-0.2, -0.15) is 0 Å². The molecule has 1 aliphatic heterocycles. The number of anilines is 1. The minimum atomic E-state index is -3.33. The van der Waals surface area contributed by atoms with Crippen LogP contribution in [0.15, 0.2) is 83.8 Å². The Morgan fingerprint density at radius 2 is 1.52 bits per heavy atom. The van der Waals surface area contributed by atoms with Crippen LogP contribution in [0.5, 0.6) is 5.75 Å². The molecule has 0 unspecified atom stereocenters. The maximum absolute atomic E-state index is 13.3. The normalized spacial score (nSPS) is 19.0. The lowest BCUT2D eigenvalue weighted by atomic mass is 9.89. The molecule has 1 heterocycles. The van der Waals surface area contributed by atoms with E-state index in [4.69, 9.17) is 4.74 Å². The van der Waals surface area contributed by atoms with Gasteiger partial charge in [0.25, 0.3) is 5.91 Å². The van der Waals surface area contributed by atoms with Gasteiger partial charge in [0.2, 0.25) is 6.10 Å². The molecule has 0 saturated carbocycles. The van der Waals surface area contributed by atoms with E-state index in [0.29, 0.717) is 11.4 Å². The van der Waals surface area contributed by atoms with Crippen LogP contribution in [0.4, 0.5) is 10.1 Å². The fourth-order valence-corrected chi connectivity index (χ4v) is 3.98. The van der Waals surface area contributed by atoms with Crippen molar-refractivity contribution in [2.75, 3.05) is 11.2 Å². The highest BCUT2D eigenvalue weighted by atomic mass is 32.2. The number of benzene rings is 3. The third-order valence-electron chi connectivity index (χ3n) is 4.81. The summed E-state index contributed by atoms with van der Waals surface area (Å²) in [6.45, 7) is 0. The third-order valence-corrected chi connectivity index (χ3v) is 5.94. The van der Waals surface area contributed by atoms with Gasteiger partial charge in [-0.25, -0.2) is 12.8 Å². The monoisotopic (exact) mass is 411 g/mol. The Morgan fingerprint density at radius 1 is 0.897 bits per heavy atom. The lowest BCUT2D eigenvalue weighted by Crippen LogP contribution is -2.61. The minimum absolute atomic E-state index is 0.195. The smallest absolute Gasteiger partial charge is 0.271 e. The number of rotatable bonds is 5. The predicted molar refractivity (Wildman–Crippen MR) is 107 cm³/mol. The Morgan fingerprint density at radius 3 is 2.10 bits per heavy atom. The molecule has 2 atom stereocenters. The van der Waals surface area contributed by atoms with Gasteiger partial charge in [-0.1, -0.05) is 30.3 Å². The summed E-state index contributed by atoms with van der Waals surface area (Å²) in [6, 6.07) is 20.5. The Hall–Kier alpha value is -3.19. The van der Waals surface area contributed by atoms with Crippen molar-refractivity contribution in [3.05, 3.63) is 90.2 Å². The Labute approximate surface area is 168 Å². The molecule has 1 amide bonds. The molecule has 3 aromatic rings. The van der Waals surface area contributed by atoms with Crippen LogP contribution in [0.1, 0.15) is 11.6 Å². The summed E-state index contributed by atoms with van der Waals surface area (Å²) in [7, 11) is -3.33. The molecule has 0 N–H and O–H groups in total. The standard InChI is InChI=1S/C22H18FNO4S/c1-29(26,27)19-13-7-15(8-14-19)20-21(28-18-5-3-2-4-6-18)22(25)24(20)17-11-9-16(23)10-12-17/h2-14,20-21H,1H3/t20-,21+/m1/s1. The van der Waals surface area contributed by atoms with Crippen LogP contribution in [-0.4, -0.2) is 26.7 Å². The zero-order valence-corrected chi connectivity index (χ0v) is 16.3. The second kappa shape index (κ2) is 7.33. The van der Waals surface area contributed by atoms with Gasteiger partial charge >= 0.3 is 0 Å². The van der Waals surface area contributed by atoms with E-state index in [-0.39, 0.29) is 10.8 Å². The molecular formula is C22H18FNO4S. The van der Waals surface area contributed by atoms with Crippen LogP contribution >= 0.6 is 0 Å². The van der Waals surface area contributed by atoms with Crippen molar-refractivity contribution in [2.45, 2.75) is 17.0 Å². The number of halogens is 1. The molecule has 0 radical (unpaired) electrons. The van der Waals surface area contributed by atoms with Crippen molar-refractivity contribution in [1.29, 1.82) is 0 Å². The van der Waals surface area contributed by atoms with Crippen molar-refractivity contribution in [1.82, 2.24) is 0 Å². The minimum Gasteiger partial charge on any atom is -0.478 e. The number of carbonyl (C=O) groups excluding carboxylic acids is 1. The lowest BCUT2D eigenvalue weighted by Gasteiger charge is -2.46. The molecule has 0 spiro atoms. The van der Waals surface area contributed by atoms with Gasteiger partial charge in [-0.15, -0.1) is 0 Å². The average molecular weight is 411 g/mol. The number of ether oxygens (including phenoxy) is 1. The summed E-state index contributed by atoms with van der Waals surface area (Å²) >= 11 is 0. The molecule has 5 nitrogen and oxygen atoms in total. The highest BCUT2D eigenvalue weighted by Gasteiger charge is 2.51. The van der Waals surface area contributed by atoms with Crippen molar-refractivity contribution >= 4 is 21.4 Å². The van der Waals surface area contributed by atoms with Gasteiger partial charge < -0.3 is 4.74 Å². The lowest BCUT2D eigenvalue weighted by molar-refractivity contribution is -0.135. The SMILES string of the molecule is CS(=O)(=O)c1ccc([C@@H]2[C@H](Oc3ccccc3)C(=O)N2c2ccc(F)cc2)cc1. The summed E-state index contributed by atoms with van der Waals surface area (Å²) in [4.78, 5) is 14.6. The molecule has 1 aliphatic rings. The molecule has 148 valence electrons. The number of amides is 1. The molecular weight excluding hydrogens is 393 g/mol. The number of para-hydroxylation sites is 1.